The fourth-order valence-electron chi connectivity index (χ4n) is 0.883. The molecule has 2 aromatic rings. The van der Waals surface area contributed by atoms with Crippen LogP contribution in [0.15, 0.2) is 54.7 Å². The summed E-state index contributed by atoms with van der Waals surface area (Å²) in [5.74, 6) is -1.42. The van der Waals surface area contributed by atoms with Gasteiger partial charge >= 0.3 is 5.97 Å². The van der Waals surface area contributed by atoms with E-state index in [0.717, 1.165) is 12.3 Å². The number of aromatic nitrogens is 1. The Hall–Kier alpha value is -2.23. The van der Waals surface area contributed by atoms with E-state index in [2.05, 4.69) is 4.98 Å². The number of halogens is 1. The monoisotopic (exact) mass is 220 g/mol. The molecule has 0 fully saturated rings. The standard InChI is InChI=1S/C7H6O2.C5H4FN/c8-7(9)6-4-2-1-3-5-6;6-5-3-1-2-4-7-5/h1-5H,(H,8,9);1-4H/i;2D. The van der Waals surface area contributed by atoms with E-state index in [-0.39, 0.29) is 6.04 Å². The van der Waals surface area contributed by atoms with E-state index in [1.807, 2.05) is 0 Å². The highest BCUT2D eigenvalue weighted by atomic mass is 19.1. The Morgan fingerprint density at radius 1 is 1.25 bits per heavy atom. The van der Waals surface area contributed by atoms with Crippen molar-refractivity contribution in [3.8, 4) is 0 Å². The highest BCUT2D eigenvalue weighted by molar-refractivity contribution is 5.87. The first-order chi connectivity index (χ1) is 8.09. The summed E-state index contributed by atoms with van der Waals surface area (Å²) in [6.45, 7) is 0. The zero-order valence-corrected chi connectivity index (χ0v) is 8.30. The van der Waals surface area contributed by atoms with Gasteiger partial charge in [-0.05, 0) is 24.2 Å². The lowest BCUT2D eigenvalue weighted by molar-refractivity contribution is 0.0697. The second-order valence-electron chi connectivity index (χ2n) is 2.75. The Bertz CT molecular complexity index is 453. The number of benzene rings is 1. The summed E-state index contributed by atoms with van der Waals surface area (Å²) in [6, 6.07) is 11.0. The first-order valence-corrected chi connectivity index (χ1v) is 4.46. The van der Waals surface area contributed by atoms with Crippen LogP contribution in [0.3, 0.4) is 0 Å². The maximum Gasteiger partial charge on any atom is 0.335 e. The van der Waals surface area contributed by atoms with Crippen LogP contribution in [0, 0.1) is 5.95 Å². The van der Waals surface area contributed by atoms with E-state index in [4.69, 9.17) is 6.48 Å². The molecule has 0 bridgehead atoms. The molecule has 0 atom stereocenters. The fourth-order valence-corrected chi connectivity index (χ4v) is 0.883. The first kappa shape index (κ1) is 10.3. The average Bonchev–Trinajstić information content (AvgIpc) is 2.35. The van der Waals surface area contributed by atoms with E-state index < -0.39 is 11.9 Å². The average molecular weight is 220 g/mol. The number of rotatable bonds is 1. The molecule has 0 aliphatic rings. The van der Waals surface area contributed by atoms with Gasteiger partial charge in [-0.3, -0.25) is 0 Å². The minimum atomic E-state index is -0.879. The van der Waals surface area contributed by atoms with Gasteiger partial charge in [0, 0.05) is 6.20 Å². The molecule has 0 spiro atoms. The Labute approximate surface area is 93.6 Å². The van der Waals surface area contributed by atoms with E-state index in [1.165, 1.54) is 6.07 Å². The SMILES string of the molecule is O=C(O)c1ccccc1.[2H]c1ccc(F)nc1. The number of pyridine rings is 1. The van der Waals surface area contributed by atoms with E-state index >= 15 is 0 Å². The smallest absolute Gasteiger partial charge is 0.335 e. The Kier molecular flexibility index (Phi) is 4.05. The van der Waals surface area contributed by atoms with Crippen molar-refractivity contribution in [2.75, 3.05) is 0 Å². The van der Waals surface area contributed by atoms with Crippen LogP contribution in [0.2, 0.25) is 0 Å². The Balaban J connectivity index is 0.000000171. The molecule has 0 aliphatic heterocycles. The topological polar surface area (TPSA) is 50.2 Å². The van der Waals surface area contributed by atoms with Crippen LogP contribution < -0.4 is 0 Å². The molecule has 16 heavy (non-hydrogen) atoms. The summed E-state index contributed by atoms with van der Waals surface area (Å²) in [6.07, 6.45) is 1.16. The number of carboxylic acids is 1. The summed E-state index contributed by atoms with van der Waals surface area (Å²) in [4.78, 5) is 13.4. The van der Waals surface area contributed by atoms with Crippen molar-refractivity contribution < 1.29 is 15.7 Å². The van der Waals surface area contributed by atoms with Crippen molar-refractivity contribution in [3.63, 3.8) is 0 Å². The minimum Gasteiger partial charge on any atom is -0.478 e. The molecule has 0 unspecified atom stereocenters. The number of hydrogen-bond donors (Lipinski definition) is 1. The van der Waals surface area contributed by atoms with Gasteiger partial charge in [-0.15, -0.1) is 0 Å². The molecule has 0 saturated carbocycles. The lowest BCUT2D eigenvalue weighted by Crippen LogP contribution is -1.93. The highest BCUT2D eigenvalue weighted by Gasteiger charge is 1.96. The van der Waals surface area contributed by atoms with Crippen LogP contribution in [0.25, 0.3) is 0 Å². The Morgan fingerprint density at radius 3 is 2.31 bits per heavy atom. The molecule has 2 rings (SSSR count). The molecule has 1 heterocycles. The second kappa shape index (κ2) is 6.29. The minimum absolute atomic E-state index is 0.228. The van der Waals surface area contributed by atoms with Crippen LogP contribution in [-0.4, -0.2) is 16.1 Å². The zero-order valence-electron chi connectivity index (χ0n) is 9.30. The highest BCUT2D eigenvalue weighted by Crippen LogP contribution is 1.96. The van der Waals surface area contributed by atoms with Crippen LogP contribution in [0.1, 0.15) is 11.7 Å². The molecule has 4 heteroatoms. The molecule has 1 aromatic carbocycles. The van der Waals surface area contributed by atoms with Gasteiger partial charge in [-0.25, -0.2) is 9.78 Å². The molecule has 0 amide bonds. The van der Waals surface area contributed by atoms with Gasteiger partial charge in [0.05, 0.1) is 6.93 Å². The summed E-state index contributed by atoms with van der Waals surface area (Å²) in [7, 11) is 0. The number of hydrogen-bond acceptors (Lipinski definition) is 2. The van der Waals surface area contributed by atoms with Gasteiger partial charge in [-0.2, -0.15) is 4.39 Å². The van der Waals surface area contributed by atoms with Gasteiger partial charge < -0.3 is 5.11 Å². The van der Waals surface area contributed by atoms with Crippen LogP contribution in [0.4, 0.5) is 4.39 Å². The number of carbonyl (C=O) groups is 1. The second-order valence-corrected chi connectivity index (χ2v) is 2.75. The largest absolute Gasteiger partial charge is 0.478 e. The number of carboxylic acid groups (broad SMARTS) is 1. The number of aromatic carboxylic acids is 1. The quantitative estimate of drug-likeness (QED) is 0.751. The molecule has 82 valence electrons. The zero-order chi connectivity index (χ0) is 12.7. The molecular weight excluding hydrogens is 209 g/mol. The molecule has 3 nitrogen and oxygen atoms in total. The van der Waals surface area contributed by atoms with Gasteiger partial charge in [0.25, 0.3) is 0 Å². The first-order valence-electron chi connectivity index (χ1n) is 4.96. The van der Waals surface area contributed by atoms with Crippen molar-refractivity contribution in [1.82, 2.24) is 4.98 Å². The maximum absolute atomic E-state index is 11.9. The summed E-state index contributed by atoms with van der Waals surface area (Å²) < 4.78 is 18.8. The lowest BCUT2D eigenvalue weighted by atomic mass is 10.2. The van der Waals surface area contributed by atoms with Crippen molar-refractivity contribution >= 4 is 5.97 Å². The fraction of sp³-hybridized carbons (Fsp3) is 0. The normalized spacial score (nSPS) is 9.69. The molecule has 1 aromatic heterocycles. The maximum atomic E-state index is 11.9. The van der Waals surface area contributed by atoms with E-state index in [9.17, 15) is 9.18 Å². The van der Waals surface area contributed by atoms with Crippen LogP contribution in [-0.2, 0) is 0 Å². The van der Waals surface area contributed by atoms with E-state index in [1.54, 1.807) is 30.3 Å². The van der Waals surface area contributed by atoms with Crippen LogP contribution >= 0.6 is 0 Å². The van der Waals surface area contributed by atoms with Crippen molar-refractivity contribution in [3.05, 3.63) is 66.2 Å². The molecule has 1 N–H and O–H groups in total. The summed E-state index contributed by atoms with van der Waals surface area (Å²) >= 11 is 0. The van der Waals surface area contributed by atoms with Gasteiger partial charge in [0.2, 0.25) is 5.95 Å². The van der Waals surface area contributed by atoms with Gasteiger partial charge in [0.1, 0.15) is 0 Å². The van der Waals surface area contributed by atoms with Crippen LogP contribution in [0.5, 0.6) is 0 Å². The van der Waals surface area contributed by atoms with Gasteiger partial charge in [0.15, 0.2) is 0 Å². The van der Waals surface area contributed by atoms with Gasteiger partial charge in [-0.1, -0.05) is 24.3 Å². The van der Waals surface area contributed by atoms with E-state index in [0.29, 0.717) is 5.56 Å². The molecule has 0 saturated heterocycles. The predicted octanol–water partition coefficient (Wildman–Crippen LogP) is 2.61. The number of nitrogens with zero attached hydrogens (tertiary/aromatic N) is 1. The molecule has 0 aliphatic carbocycles. The predicted molar refractivity (Wildman–Crippen MR) is 57.6 cm³/mol. The summed E-state index contributed by atoms with van der Waals surface area (Å²) in [5, 5.41) is 8.38. The Morgan fingerprint density at radius 2 is 1.94 bits per heavy atom. The van der Waals surface area contributed by atoms with Crippen molar-refractivity contribution in [1.29, 1.82) is 0 Å². The molecular formula is C12H10FNO2. The third kappa shape index (κ3) is 4.32. The van der Waals surface area contributed by atoms with Crippen molar-refractivity contribution in [2.45, 2.75) is 0 Å². The van der Waals surface area contributed by atoms with Crippen molar-refractivity contribution in [2.24, 2.45) is 0 Å². The molecule has 0 radical (unpaired) electrons. The summed E-state index contributed by atoms with van der Waals surface area (Å²) in [5.41, 5.74) is 0.331. The third-order valence-corrected chi connectivity index (χ3v) is 1.60. The third-order valence-electron chi connectivity index (χ3n) is 1.60. The lowest BCUT2D eigenvalue weighted by Gasteiger charge is -1.88.